The Kier molecular flexibility index (Phi) is 5.42. The predicted octanol–water partition coefficient (Wildman–Crippen LogP) is 6.34. The van der Waals surface area contributed by atoms with Gasteiger partial charge in [-0.1, -0.05) is 35.3 Å². The summed E-state index contributed by atoms with van der Waals surface area (Å²) in [6.45, 7) is 3.76. The third-order valence-corrected chi connectivity index (χ3v) is 5.53. The number of rotatable bonds is 4. The number of carbonyl (C=O) groups excluding carboxylic acids is 1. The van der Waals surface area contributed by atoms with Crippen LogP contribution in [0.15, 0.2) is 48.5 Å². The Bertz CT molecular complexity index is 889. The number of hydrogen-bond donors (Lipinski definition) is 0. The molecule has 0 saturated heterocycles. The monoisotopic (exact) mass is 391 g/mol. The third kappa shape index (κ3) is 4.21. The van der Waals surface area contributed by atoms with Crippen LogP contribution in [0.5, 0.6) is 0 Å². The van der Waals surface area contributed by atoms with Crippen molar-refractivity contribution in [3.63, 3.8) is 0 Å². The summed E-state index contributed by atoms with van der Waals surface area (Å²) in [7, 11) is 0. The van der Waals surface area contributed by atoms with Gasteiger partial charge in [0.2, 0.25) is 0 Å². The van der Waals surface area contributed by atoms with Gasteiger partial charge in [-0.25, -0.2) is 9.78 Å². The van der Waals surface area contributed by atoms with Crippen molar-refractivity contribution >= 4 is 40.5 Å². The van der Waals surface area contributed by atoms with Gasteiger partial charge >= 0.3 is 5.97 Å². The van der Waals surface area contributed by atoms with Crippen molar-refractivity contribution in [2.24, 2.45) is 0 Å². The molecule has 0 spiro atoms. The van der Waals surface area contributed by atoms with Gasteiger partial charge in [0.25, 0.3) is 0 Å². The Balaban J connectivity index is 1.78. The molecule has 0 fully saturated rings. The summed E-state index contributed by atoms with van der Waals surface area (Å²) in [5.41, 5.74) is 2.31. The van der Waals surface area contributed by atoms with Crippen LogP contribution in [0.25, 0.3) is 10.6 Å². The van der Waals surface area contributed by atoms with E-state index in [0.29, 0.717) is 15.6 Å². The van der Waals surface area contributed by atoms with Gasteiger partial charge in [-0.15, -0.1) is 11.3 Å². The van der Waals surface area contributed by atoms with E-state index in [1.54, 1.807) is 24.3 Å². The first-order valence-corrected chi connectivity index (χ1v) is 9.21. The van der Waals surface area contributed by atoms with Crippen LogP contribution in [0.3, 0.4) is 0 Å². The minimum atomic E-state index is -0.387. The summed E-state index contributed by atoms with van der Waals surface area (Å²) < 4.78 is 5.58. The average molecular weight is 392 g/mol. The maximum Gasteiger partial charge on any atom is 0.338 e. The molecule has 0 amide bonds. The maximum absolute atomic E-state index is 12.3. The van der Waals surface area contributed by atoms with E-state index in [1.807, 2.05) is 38.1 Å². The van der Waals surface area contributed by atoms with Gasteiger partial charge in [0.1, 0.15) is 11.1 Å². The summed E-state index contributed by atoms with van der Waals surface area (Å²) in [5.74, 6) is -0.384. The molecule has 0 saturated carbocycles. The largest absolute Gasteiger partial charge is 0.453 e. The standard InChI is InChI=1S/C19H15Cl2NO2S/c1-11-17(25-18(22-11)13-3-7-15(20)8-4-13)12(2)24-19(23)14-5-9-16(21)10-6-14/h3-10,12H,1-2H3/t12-/m1/s1. The molecule has 0 unspecified atom stereocenters. The topological polar surface area (TPSA) is 39.2 Å². The summed E-state index contributed by atoms with van der Waals surface area (Å²) in [5, 5.41) is 2.14. The quantitative estimate of drug-likeness (QED) is 0.486. The average Bonchev–Trinajstić information content (AvgIpc) is 2.98. The molecule has 3 rings (SSSR count). The van der Waals surface area contributed by atoms with E-state index in [0.717, 1.165) is 21.1 Å². The van der Waals surface area contributed by atoms with Crippen LogP contribution in [-0.4, -0.2) is 11.0 Å². The Morgan fingerprint density at radius 3 is 2.20 bits per heavy atom. The van der Waals surface area contributed by atoms with Crippen molar-refractivity contribution in [1.29, 1.82) is 0 Å². The zero-order chi connectivity index (χ0) is 18.0. The molecular formula is C19H15Cl2NO2S. The van der Waals surface area contributed by atoms with E-state index < -0.39 is 0 Å². The van der Waals surface area contributed by atoms with Crippen molar-refractivity contribution in [1.82, 2.24) is 4.98 Å². The molecule has 1 atom stereocenters. The van der Waals surface area contributed by atoms with Crippen LogP contribution in [-0.2, 0) is 4.74 Å². The molecule has 128 valence electrons. The van der Waals surface area contributed by atoms with Gasteiger partial charge in [0, 0.05) is 15.6 Å². The smallest absolute Gasteiger partial charge is 0.338 e. The zero-order valence-electron chi connectivity index (χ0n) is 13.6. The van der Waals surface area contributed by atoms with Crippen molar-refractivity contribution < 1.29 is 9.53 Å². The van der Waals surface area contributed by atoms with E-state index >= 15 is 0 Å². The molecule has 0 aliphatic carbocycles. The van der Waals surface area contributed by atoms with E-state index in [4.69, 9.17) is 27.9 Å². The summed E-state index contributed by atoms with van der Waals surface area (Å²) in [6, 6.07) is 14.1. The molecule has 0 aliphatic rings. The number of halogens is 2. The highest BCUT2D eigenvalue weighted by Crippen LogP contribution is 2.34. The second-order valence-corrected chi connectivity index (χ2v) is 7.43. The molecule has 0 aliphatic heterocycles. The van der Waals surface area contributed by atoms with Gasteiger partial charge in [0.05, 0.1) is 16.1 Å². The second-order valence-electron chi connectivity index (χ2n) is 5.53. The van der Waals surface area contributed by atoms with Crippen LogP contribution >= 0.6 is 34.5 Å². The first kappa shape index (κ1) is 17.9. The molecule has 3 aromatic rings. The fraction of sp³-hybridized carbons (Fsp3) is 0.158. The minimum absolute atomic E-state index is 0.384. The lowest BCUT2D eigenvalue weighted by molar-refractivity contribution is 0.0343. The highest BCUT2D eigenvalue weighted by Gasteiger charge is 2.19. The Hall–Kier alpha value is -1.88. The van der Waals surface area contributed by atoms with Crippen molar-refractivity contribution in [3.8, 4) is 10.6 Å². The maximum atomic E-state index is 12.3. The summed E-state index contributed by atoms with van der Waals surface area (Å²) in [6.07, 6.45) is -0.387. The van der Waals surface area contributed by atoms with E-state index in [1.165, 1.54) is 11.3 Å². The van der Waals surface area contributed by atoms with Crippen LogP contribution < -0.4 is 0 Å². The van der Waals surface area contributed by atoms with Crippen molar-refractivity contribution in [2.45, 2.75) is 20.0 Å². The van der Waals surface area contributed by atoms with Gasteiger partial charge in [-0.2, -0.15) is 0 Å². The highest BCUT2D eigenvalue weighted by molar-refractivity contribution is 7.15. The van der Waals surface area contributed by atoms with Gasteiger partial charge in [0.15, 0.2) is 0 Å². The Labute approximate surface area is 160 Å². The van der Waals surface area contributed by atoms with Crippen LogP contribution in [0, 0.1) is 6.92 Å². The number of hydrogen-bond acceptors (Lipinski definition) is 4. The molecule has 25 heavy (non-hydrogen) atoms. The number of ether oxygens (including phenoxy) is 1. The van der Waals surface area contributed by atoms with Crippen molar-refractivity contribution in [3.05, 3.63) is 74.7 Å². The lowest BCUT2D eigenvalue weighted by Gasteiger charge is -2.12. The second kappa shape index (κ2) is 7.56. The van der Waals surface area contributed by atoms with E-state index in [9.17, 15) is 4.79 Å². The lowest BCUT2D eigenvalue weighted by atomic mass is 10.2. The fourth-order valence-electron chi connectivity index (χ4n) is 2.37. The number of benzene rings is 2. The third-order valence-electron chi connectivity index (χ3n) is 3.66. The number of nitrogens with zero attached hydrogens (tertiary/aromatic N) is 1. The van der Waals surface area contributed by atoms with Gasteiger partial charge < -0.3 is 4.74 Å². The molecule has 0 bridgehead atoms. The van der Waals surface area contributed by atoms with E-state index in [2.05, 4.69) is 4.98 Å². The van der Waals surface area contributed by atoms with E-state index in [-0.39, 0.29) is 12.1 Å². The van der Waals surface area contributed by atoms with Crippen LogP contribution in [0.1, 0.15) is 34.0 Å². The lowest BCUT2D eigenvalue weighted by Crippen LogP contribution is -2.09. The van der Waals surface area contributed by atoms with Crippen LogP contribution in [0.4, 0.5) is 0 Å². The summed E-state index contributed by atoms with van der Waals surface area (Å²) in [4.78, 5) is 17.8. The molecule has 3 nitrogen and oxygen atoms in total. The minimum Gasteiger partial charge on any atom is -0.453 e. The predicted molar refractivity (Wildman–Crippen MR) is 103 cm³/mol. The molecule has 6 heteroatoms. The number of thiazole rings is 1. The number of aryl methyl sites for hydroxylation is 1. The highest BCUT2D eigenvalue weighted by atomic mass is 35.5. The number of esters is 1. The van der Waals surface area contributed by atoms with Crippen molar-refractivity contribution in [2.75, 3.05) is 0 Å². The van der Waals surface area contributed by atoms with Gasteiger partial charge in [-0.3, -0.25) is 0 Å². The normalized spacial score (nSPS) is 12.0. The first-order valence-electron chi connectivity index (χ1n) is 7.64. The SMILES string of the molecule is Cc1nc(-c2ccc(Cl)cc2)sc1[C@@H](C)OC(=O)c1ccc(Cl)cc1. The van der Waals surface area contributed by atoms with Gasteiger partial charge in [-0.05, 0) is 50.2 Å². The number of carbonyl (C=O) groups is 1. The molecule has 2 aromatic carbocycles. The molecular weight excluding hydrogens is 377 g/mol. The van der Waals surface area contributed by atoms with Crippen LogP contribution in [0.2, 0.25) is 10.0 Å². The molecule has 1 heterocycles. The molecule has 1 aromatic heterocycles. The Morgan fingerprint density at radius 1 is 1.04 bits per heavy atom. The zero-order valence-corrected chi connectivity index (χ0v) is 16.0. The molecule has 0 N–H and O–H groups in total. The fourth-order valence-corrected chi connectivity index (χ4v) is 3.67. The Morgan fingerprint density at radius 2 is 1.60 bits per heavy atom. The number of aromatic nitrogens is 1. The first-order chi connectivity index (χ1) is 11.9. The summed E-state index contributed by atoms with van der Waals surface area (Å²) >= 11 is 13.3. The molecule has 0 radical (unpaired) electrons.